The van der Waals surface area contributed by atoms with Crippen LogP contribution in [0.25, 0.3) is 0 Å². The third kappa shape index (κ3) is 3.87. The Labute approximate surface area is 166 Å². The normalized spacial score (nSPS) is 18.0. The lowest BCUT2D eigenvalue weighted by Crippen LogP contribution is -2.38. The van der Waals surface area contributed by atoms with Crippen LogP contribution in [0.3, 0.4) is 0 Å². The molecule has 2 aromatic rings. The zero-order valence-electron chi connectivity index (χ0n) is 15.8. The smallest absolute Gasteiger partial charge is 0.263 e. The number of amides is 2. The Morgan fingerprint density at radius 2 is 1.97 bits per heavy atom. The van der Waals surface area contributed by atoms with Gasteiger partial charge >= 0.3 is 0 Å². The van der Waals surface area contributed by atoms with E-state index in [4.69, 9.17) is 9.47 Å². The summed E-state index contributed by atoms with van der Waals surface area (Å²) >= 11 is 0. The number of alkyl halides is 2. The number of nitrogens with one attached hydrogen (secondary N) is 1. The number of halogens is 2. The van der Waals surface area contributed by atoms with E-state index in [1.807, 2.05) is 6.07 Å². The zero-order valence-corrected chi connectivity index (χ0v) is 15.8. The largest absolute Gasteiger partial charge is 0.491 e. The van der Waals surface area contributed by atoms with Gasteiger partial charge < -0.3 is 19.7 Å². The number of likely N-dealkylation sites (tertiary alicyclic amines) is 1. The monoisotopic (exact) mass is 402 g/mol. The lowest BCUT2D eigenvalue weighted by atomic mass is 10.1. The first kappa shape index (κ1) is 19.2. The van der Waals surface area contributed by atoms with Crippen molar-refractivity contribution in [3.8, 4) is 17.2 Å². The van der Waals surface area contributed by atoms with E-state index >= 15 is 0 Å². The molecule has 0 bridgehead atoms. The third-order valence-electron chi connectivity index (χ3n) is 5.18. The summed E-state index contributed by atoms with van der Waals surface area (Å²) < 4.78 is 36.9. The highest BCUT2D eigenvalue weighted by Gasteiger charge is 2.34. The molecule has 8 heteroatoms. The molecule has 2 aliphatic heterocycles. The number of hydrogen-bond acceptors (Lipinski definition) is 4. The molecule has 0 radical (unpaired) electrons. The Morgan fingerprint density at radius 1 is 1.21 bits per heavy atom. The Morgan fingerprint density at radius 3 is 2.62 bits per heavy atom. The topological polar surface area (TPSA) is 67.9 Å². The van der Waals surface area contributed by atoms with Crippen LogP contribution in [-0.2, 0) is 16.0 Å². The maximum Gasteiger partial charge on any atom is 0.263 e. The fourth-order valence-electron chi connectivity index (χ4n) is 3.58. The van der Waals surface area contributed by atoms with Crippen LogP contribution in [0.15, 0.2) is 36.4 Å². The van der Waals surface area contributed by atoms with Crippen LogP contribution in [0.5, 0.6) is 17.2 Å². The molecule has 29 heavy (non-hydrogen) atoms. The number of anilines is 1. The van der Waals surface area contributed by atoms with Gasteiger partial charge in [-0.05, 0) is 36.8 Å². The van der Waals surface area contributed by atoms with Gasteiger partial charge in [-0.2, -0.15) is 0 Å². The van der Waals surface area contributed by atoms with Crippen LogP contribution >= 0.6 is 0 Å². The molecule has 0 unspecified atom stereocenters. The molecule has 0 saturated carbocycles. The molecule has 1 saturated heterocycles. The van der Waals surface area contributed by atoms with Crippen LogP contribution in [-0.4, -0.2) is 36.4 Å². The SMILES string of the molecule is CN1C(=O)CC[C@@H]1C(=O)Nc1cc(Oc2ccc(C(F)F)cc2)cc2c1OCC2. The van der Waals surface area contributed by atoms with Crippen molar-refractivity contribution in [1.29, 1.82) is 0 Å². The molecule has 2 aromatic carbocycles. The van der Waals surface area contributed by atoms with E-state index in [9.17, 15) is 18.4 Å². The van der Waals surface area contributed by atoms with Crippen molar-refractivity contribution in [3.05, 3.63) is 47.5 Å². The molecule has 1 atom stereocenters. The number of carbonyl (C=O) groups is 2. The Bertz CT molecular complexity index is 946. The van der Waals surface area contributed by atoms with E-state index in [-0.39, 0.29) is 17.4 Å². The molecule has 1 N–H and O–H groups in total. The van der Waals surface area contributed by atoms with Crippen molar-refractivity contribution >= 4 is 17.5 Å². The number of nitrogens with zero attached hydrogens (tertiary/aromatic N) is 1. The van der Waals surface area contributed by atoms with Gasteiger partial charge in [0.25, 0.3) is 6.43 Å². The van der Waals surface area contributed by atoms with E-state index in [2.05, 4.69) is 5.32 Å². The van der Waals surface area contributed by atoms with Gasteiger partial charge in [0.15, 0.2) is 0 Å². The molecular weight excluding hydrogens is 382 g/mol. The summed E-state index contributed by atoms with van der Waals surface area (Å²) in [5, 5.41) is 2.85. The van der Waals surface area contributed by atoms with Gasteiger partial charge in [-0.3, -0.25) is 9.59 Å². The van der Waals surface area contributed by atoms with Crippen LogP contribution < -0.4 is 14.8 Å². The minimum Gasteiger partial charge on any atom is -0.491 e. The maximum atomic E-state index is 12.7. The predicted molar refractivity (Wildman–Crippen MR) is 102 cm³/mol. The molecule has 152 valence electrons. The highest BCUT2D eigenvalue weighted by molar-refractivity contribution is 6.00. The quantitative estimate of drug-likeness (QED) is 0.824. The minimum absolute atomic E-state index is 0.0593. The molecule has 0 spiro atoms. The van der Waals surface area contributed by atoms with Crippen LogP contribution in [0.1, 0.15) is 30.4 Å². The second kappa shape index (κ2) is 7.69. The highest BCUT2D eigenvalue weighted by Crippen LogP contribution is 2.39. The van der Waals surface area contributed by atoms with Crippen LogP contribution in [0.2, 0.25) is 0 Å². The van der Waals surface area contributed by atoms with Crippen molar-refractivity contribution in [2.24, 2.45) is 0 Å². The lowest BCUT2D eigenvalue weighted by molar-refractivity contribution is -0.131. The van der Waals surface area contributed by atoms with Crippen molar-refractivity contribution in [2.75, 3.05) is 19.0 Å². The summed E-state index contributed by atoms with van der Waals surface area (Å²) in [7, 11) is 1.61. The second-order valence-corrected chi connectivity index (χ2v) is 7.08. The summed E-state index contributed by atoms with van der Waals surface area (Å²) in [4.78, 5) is 25.8. The number of fused-ring (bicyclic) bond motifs is 1. The molecule has 0 aliphatic carbocycles. The standard InChI is InChI=1S/C21H20F2N2O4/c1-25-17(6-7-18(25)26)21(27)24-16-11-15(10-13-8-9-28-19(13)16)29-14-4-2-12(3-5-14)20(22)23/h2-5,10-11,17,20H,6-9H2,1H3,(H,24,27)/t17-/m1/s1. The summed E-state index contributed by atoms with van der Waals surface area (Å²) in [5.74, 6) is 1.12. The number of carbonyl (C=O) groups excluding carboxylic acids is 2. The summed E-state index contributed by atoms with van der Waals surface area (Å²) in [6, 6.07) is 8.50. The molecule has 2 heterocycles. The third-order valence-corrected chi connectivity index (χ3v) is 5.18. The first-order valence-corrected chi connectivity index (χ1v) is 9.34. The number of hydrogen-bond donors (Lipinski definition) is 1. The van der Waals surface area contributed by atoms with Gasteiger partial charge in [-0.1, -0.05) is 0 Å². The van der Waals surface area contributed by atoms with Crippen molar-refractivity contribution in [1.82, 2.24) is 4.90 Å². The highest BCUT2D eigenvalue weighted by atomic mass is 19.3. The van der Waals surface area contributed by atoms with E-state index in [1.165, 1.54) is 29.2 Å². The Kier molecular flexibility index (Phi) is 5.08. The molecule has 6 nitrogen and oxygen atoms in total. The number of ether oxygens (including phenoxy) is 2. The van der Waals surface area contributed by atoms with Crippen LogP contribution in [0, 0.1) is 0 Å². The average Bonchev–Trinajstić information content (AvgIpc) is 3.29. The molecule has 4 rings (SSSR count). The van der Waals surface area contributed by atoms with Gasteiger partial charge in [0, 0.05) is 37.1 Å². The number of likely N-dealkylation sites (N-methyl/N-ethyl adjacent to an activating group) is 1. The molecule has 2 aliphatic rings. The number of rotatable bonds is 5. The first-order valence-electron chi connectivity index (χ1n) is 9.34. The summed E-state index contributed by atoms with van der Waals surface area (Å²) in [5.41, 5.74) is 1.28. The predicted octanol–water partition coefficient (Wildman–Crippen LogP) is 3.91. The van der Waals surface area contributed by atoms with E-state index < -0.39 is 12.5 Å². The van der Waals surface area contributed by atoms with Gasteiger partial charge in [-0.25, -0.2) is 8.78 Å². The lowest BCUT2D eigenvalue weighted by Gasteiger charge is -2.20. The molecular formula is C21H20F2N2O4. The average molecular weight is 402 g/mol. The fourth-order valence-corrected chi connectivity index (χ4v) is 3.58. The van der Waals surface area contributed by atoms with Crippen molar-refractivity contribution in [2.45, 2.75) is 31.7 Å². The molecule has 1 fully saturated rings. The van der Waals surface area contributed by atoms with Gasteiger partial charge in [0.1, 0.15) is 23.3 Å². The van der Waals surface area contributed by atoms with E-state index in [0.29, 0.717) is 48.8 Å². The Hall–Kier alpha value is -3.16. The number of benzene rings is 2. The van der Waals surface area contributed by atoms with Crippen LogP contribution in [0.4, 0.5) is 14.5 Å². The summed E-state index contributed by atoms with van der Waals surface area (Å²) in [6.07, 6.45) is -1.05. The van der Waals surface area contributed by atoms with E-state index in [0.717, 1.165) is 5.56 Å². The van der Waals surface area contributed by atoms with Gasteiger partial charge in [-0.15, -0.1) is 0 Å². The van der Waals surface area contributed by atoms with Gasteiger partial charge in [0.05, 0.1) is 12.3 Å². The zero-order chi connectivity index (χ0) is 20.5. The fraction of sp³-hybridized carbons (Fsp3) is 0.333. The minimum atomic E-state index is -2.54. The Balaban J connectivity index is 1.56. The van der Waals surface area contributed by atoms with Crippen molar-refractivity contribution in [3.63, 3.8) is 0 Å². The van der Waals surface area contributed by atoms with E-state index in [1.54, 1.807) is 13.1 Å². The first-order chi connectivity index (χ1) is 13.9. The maximum absolute atomic E-state index is 12.7. The molecule has 2 amide bonds. The summed E-state index contributed by atoms with van der Waals surface area (Å²) in [6.45, 7) is 0.493. The second-order valence-electron chi connectivity index (χ2n) is 7.08. The molecule has 0 aromatic heterocycles. The van der Waals surface area contributed by atoms with Crippen molar-refractivity contribution < 1.29 is 27.8 Å². The van der Waals surface area contributed by atoms with Gasteiger partial charge in [0.2, 0.25) is 11.8 Å².